The molecule has 0 radical (unpaired) electrons. The highest BCUT2D eigenvalue weighted by Crippen LogP contribution is 2.16. The lowest BCUT2D eigenvalue weighted by atomic mass is 10.0. The highest BCUT2D eigenvalue weighted by Gasteiger charge is 2.20. The van der Waals surface area contributed by atoms with Crippen LogP contribution in [0.2, 0.25) is 0 Å². The van der Waals surface area contributed by atoms with E-state index >= 15 is 0 Å². The van der Waals surface area contributed by atoms with E-state index in [1.165, 1.54) is 24.8 Å². The number of amides is 1. The van der Waals surface area contributed by atoms with Crippen molar-refractivity contribution in [2.24, 2.45) is 0 Å². The van der Waals surface area contributed by atoms with Crippen molar-refractivity contribution in [2.75, 3.05) is 18.4 Å². The average Bonchev–Trinajstić information content (AvgIpc) is 2.32. The molecule has 1 aliphatic heterocycles. The van der Waals surface area contributed by atoms with Crippen LogP contribution in [0.1, 0.15) is 31.7 Å². The van der Waals surface area contributed by atoms with E-state index < -0.39 is 0 Å². The molecule has 98 valence electrons. The summed E-state index contributed by atoms with van der Waals surface area (Å²) in [5, 5.41) is 2.97. The Morgan fingerprint density at radius 3 is 3.00 bits per heavy atom. The smallest absolute Gasteiger partial charge is 0.238 e. The van der Waals surface area contributed by atoms with Gasteiger partial charge in [-0.25, -0.2) is 0 Å². The topological polar surface area (TPSA) is 32.3 Å². The molecule has 1 saturated heterocycles. The SMILES string of the molecule is Cc1cccc(NC(=O)CN2CCCC[C@H]2C)c1. The summed E-state index contributed by atoms with van der Waals surface area (Å²) in [6.45, 7) is 5.79. The molecule has 1 amide bonds. The number of nitrogens with one attached hydrogen (secondary N) is 1. The molecule has 0 unspecified atom stereocenters. The maximum atomic E-state index is 12.0. The number of nitrogens with zero attached hydrogens (tertiary/aromatic N) is 1. The molecule has 1 aliphatic rings. The van der Waals surface area contributed by atoms with Crippen LogP contribution >= 0.6 is 0 Å². The first-order valence-corrected chi connectivity index (χ1v) is 6.76. The molecule has 1 fully saturated rings. The molecule has 3 nitrogen and oxygen atoms in total. The van der Waals surface area contributed by atoms with E-state index in [0.29, 0.717) is 12.6 Å². The minimum absolute atomic E-state index is 0.0920. The third-order valence-electron chi connectivity index (χ3n) is 3.59. The zero-order chi connectivity index (χ0) is 13.0. The molecule has 0 aromatic heterocycles. The summed E-state index contributed by atoms with van der Waals surface area (Å²) in [5.74, 6) is 0.0920. The molecule has 3 heteroatoms. The van der Waals surface area contributed by atoms with Crippen LogP contribution in [0.25, 0.3) is 0 Å². The zero-order valence-corrected chi connectivity index (χ0v) is 11.3. The predicted molar refractivity (Wildman–Crippen MR) is 74.7 cm³/mol. The van der Waals surface area contributed by atoms with E-state index in [2.05, 4.69) is 17.1 Å². The van der Waals surface area contributed by atoms with Gasteiger partial charge in [-0.2, -0.15) is 0 Å². The Balaban J connectivity index is 1.88. The molecular weight excluding hydrogens is 224 g/mol. The second kappa shape index (κ2) is 6.01. The first-order chi connectivity index (χ1) is 8.65. The van der Waals surface area contributed by atoms with Crippen LogP contribution in [0.4, 0.5) is 5.69 Å². The fourth-order valence-corrected chi connectivity index (χ4v) is 2.50. The molecule has 0 spiro atoms. The number of hydrogen-bond acceptors (Lipinski definition) is 2. The number of rotatable bonds is 3. The Morgan fingerprint density at radius 2 is 2.28 bits per heavy atom. The second-order valence-corrected chi connectivity index (χ2v) is 5.23. The maximum absolute atomic E-state index is 12.0. The highest BCUT2D eigenvalue weighted by atomic mass is 16.2. The standard InChI is InChI=1S/C15H22N2O/c1-12-6-5-8-14(10-12)16-15(18)11-17-9-4-3-7-13(17)2/h5-6,8,10,13H,3-4,7,9,11H2,1-2H3,(H,16,18)/t13-/m1/s1. The Labute approximate surface area is 109 Å². The summed E-state index contributed by atoms with van der Waals surface area (Å²) >= 11 is 0. The third kappa shape index (κ3) is 3.57. The number of hydrogen-bond donors (Lipinski definition) is 1. The molecule has 1 aromatic carbocycles. The molecule has 18 heavy (non-hydrogen) atoms. The number of likely N-dealkylation sites (tertiary alicyclic amines) is 1. The van der Waals surface area contributed by atoms with Crippen molar-refractivity contribution >= 4 is 11.6 Å². The fourth-order valence-electron chi connectivity index (χ4n) is 2.50. The summed E-state index contributed by atoms with van der Waals surface area (Å²) in [4.78, 5) is 14.3. The second-order valence-electron chi connectivity index (χ2n) is 5.23. The van der Waals surface area contributed by atoms with Crippen molar-refractivity contribution < 1.29 is 4.79 Å². The summed E-state index contributed by atoms with van der Waals surface area (Å²) in [5.41, 5.74) is 2.06. The average molecular weight is 246 g/mol. The highest BCUT2D eigenvalue weighted by molar-refractivity contribution is 5.92. The quantitative estimate of drug-likeness (QED) is 0.889. The van der Waals surface area contributed by atoms with Gasteiger partial charge in [0.2, 0.25) is 5.91 Å². The minimum atomic E-state index is 0.0920. The van der Waals surface area contributed by atoms with Crippen LogP contribution in [0, 0.1) is 6.92 Å². The Bertz CT molecular complexity index is 417. The van der Waals surface area contributed by atoms with E-state index in [4.69, 9.17) is 0 Å². The number of benzene rings is 1. The van der Waals surface area contributed by atoms with Crippen molar-refractivity contribution in [1.82, 2.24) is 4.90 Å². The summed E-state index contributed by atoms with van der Waals surface area (Å²) in [7, 11) is 0. The van der Waals surface area contributed by atoms with Crippen molar-refractivity contribution in [3.63, 3.8) is 0 Å². The fraction of sp³-hybridized carbons (Fsp3) is 0.533. The van der Waals surface area contributed by atoms with Crippen LogP contribution in [-0.4, -0.2) is 29.9 Å². The summed E-state index contributed by atoms with van der Waals surface area (Å²) < 4.78 is 0. The summed E-state index contributed by atoms with van der Waals surface area (Å²) in [6, 6.07) is 8.46. The van der Waals surface area contributed by atoms with Gasteiger partial charge in [-0.05, 0) is 50.9 Å². The lowest BCUT2D eigenvalue weighted by Gasteiger charge is -2.32. The molecule has 0 aliphatic carbocycles. The first kappa shape index (κ1) is 13.1. The number of anilines is 1. The normalized spacial score (nSPS) is 20.7. The number of piperidine rings is 1. The molecule has 2 rings (SSSR count). The number of aryl methyl sites for hydroxylation is 1. The van der Waals surface area contributed by atoms with Crippen LogP contribution in [0.5, 0.6) is 0 Å². The first-order valence-electron chi connectivity index (χ1n) is 6.76. The van der Waals surface area contributed by atoms with E-state index in [-0.39, 0.29) is 5.91 Å². The Kier molecular flexibility index (Phi) is 4.37. The molecule has 0 bridgehead atoms. The molecule has 0 saturated carbocycles. The van der Waals surface area contributed by atoms with Gasteiger partial charge in [0.05, 0.1) is 6.54 Å². The molecular formula is C15H22N2O. The van der Waals surface area contributed by atoms with Gasteiger partial charge in [0.25, 0.3) is 0 Å². The molecule has 1 aromatic rings. The largest absolute Gasteiger partial charge is 0.325 e. The molecule has 1 N–H and O–H groups in total. The van der Waals surface area contributed by atoms with Crippen LogP contribution < -0.4 is 5.32 Å². The van der Waals surface area contributed by atoms with Crippen LogP contribution in [0.3, 0.4) is 0 Å². The minimum Gasteiger partial charge on any atom is -0.325 e. The van der Waals surface area contributed by atoms with Crippen molar-refractivity contribution in [3.05, 3.63) is 29.8 Å². The van der Waals surface area contributed by atoms with E-state index in [9.17, 15) is 4.79 Å². The van der Waals surface area contributed by atoms with E-state index in [0.717, 1.165) is 12.2 Å². The van der Waals surface area contributed by atoms with Crippen LogP contribution in [0.15, 0.2) is 24.3 Å². The van der Waals surface area contributed by atoms with E-state index in [1.54, 1.807) is 0 Å². The summed E-state index contributed by atoms with van der Waals surface area (Å²) in [6.07, 6.45) is 3.71. The lowest BCUT2D eigenvalue weighted by molar-refractivity contribution is -0.118. The van der Waals surface area contributed by atoms with Gasteiger partial charge in [-0.1, -0.05) is 18.6 Å². The Hall–Kier alpha value is -1.35. The Morgan fingerprint density at radius 1 is 1.44 bits per heavy atom. The van der Waals surface area contributed by atoms with Gasteiger partial charge in [-0.3, -0.25) is 9.69 Å². The van der Waals surface area contributed by atoms with Crippen molar-refractivity contribution in [2.45, 2.75) is 39.2 Å². The number of carbonyl (C=O) groups is 1. The monoisotopic (exact) mass is 246 g/mol. The molecule has 1 atom stereocenters. The van der Waals surface area contributed by atoms with Crippen LogP contribution in [-0.2, 0) is 4.79 Å². The molecule has 1 heterocycles. The lowest BCUT2D eigenvalue weighted by Crippen LogP contribution is -2.42. The third-order valence-corrected chi connectivity index (χ3v) is 3.59. The van der Waals surface area contributed by atoms with Gasteiger partial charge < -0.3 is 5.32 Å². The zero-order valence-electron chi connectivity index (χ0n) is 11.3. The van der Waals surface area contributed by atoms with Crippen molar-refractivity contribution in [3.8, 4) is 0 Å². The van der Waals surface area contributed by atoms with Gasteiger partial charge in [-0.15, -0.1) is 0 Å². The maximum Gasteiger partial charge on any atom is 0.238 e. The van der Waals surface area contributed by atoms with Gasteiger partial charge in [0, 0.05) is 11.7 Å². The van der Waals surface area contributed by atoms with Gasteiger partial charge in [0.1, 0.15) is 0 Å². The number of carbonyl (C=O) groups excluding carboxylic acids is 1. The van der Waals surface area contributed by atoms with Gasteiger partial charge in [0.15, 0.2) is 0 Å². The van der Waals surface area contributed by atoms with E-state index in [1.807, 2.05) is 31.2 Å². The van der Waals surface area contributed by atoms with Gasteiger partial charge >= 0.3 is 0 Å². The predicted octanol–water partition coefficient (Wildman–Crippen LogP) is 2.81. The van der Waals surface area contributed by atoms with Crippen molar-refractivity contribution in [1.29, 1.82) is 0 Å².